The van der Waals surface area contributed by atoms with E-state index in [1.807, 2.05) is 0 Å². The van der Waals surface area contributed by atoms with Gasteiger partial charge in [-0.25, -0.2) is 4.39 Å². The van der Waals surface area contributed by atoms with Crippen molar-refractivity contribution in [2.24, 2.45) is 0 Å². The van der Waals surface area contributed by atoms with Crippen LogP contribution in [0, 0.1) is 12.7 Å². The van der Waals surface area contributed by atoms with Crippen LogP contribution in [0.25, 0.3) is 0 Å². The Labute approximate surface area is 66.3 Å². The van der Waals surface area contributed by atoms with Crippen LogP contribution in [0.1, 0.15) is 5.56 Å². The zero-order valence-corrected chi connectivity index (χ0v) is 6.65. The Morgan fingerprint density at radius 2 is 2.18 bits per heavy atom. The Bertz CT molecular complexity index is 298. The number of benzene rings is 1. The van der Waals surface area contributed by atoms with Crippen molar-refractivity contribution in [3.05, 3.63) is 29.6 Å². The standard InChI is InChI=1S/C7H7FO2S/c1-5-4-6(11(9)10)2-3-7(5)8/h2-4H,1H3,(H,9,10)/p-1. The molecule has 1 rings (SSSR count). The second kappa shape index (κ2) is 3.11. The lowest BCUT2D eigenvalue weighted by atomic mass is 10.2. The average molecular weight is 173 g/mol. The maximum absolute atomic E-state index is 12.6. The molecule has 1 aromatic rings. The zero-order chi connectivity index (χ0) is 8.43. The predicted molar refractivity (Wildman–Crippen MR) is 38.3 cm³/mol. The molecule has 0 N–H and O–H groups in total. The van der Waals surface area contributed by atoms with Crippen molar-refractivity contribution in [3.63, 3.8) is 0 Å². The fourth-order valence-electron chi connectivity index (χ4n) is 0.721. The molecule has 60 valence electrons. The number of hydrogen-bond acceptors (Lipinski definition) is 2. The molecule has 0 aromatic heterocycles. The molecular weight excluding hydrogens is 167 g/mol. The van der Waals surface area contributed by atoms with Crippen molar-refractivity contribution in [2.75, 3.05) is 0 Å². The van der Waals surface area contributed by atoms with E-state index in [2.05, 4.69) is 0 Å². The van der Waals surface area contributed by atoms with E-state index in [9.17, 15) is 13.2 Å². The number of rotatable bonds is 1. The summed E-state index contributed by atoms with van der Waals surface area (Å²) in [6.07, 6.45) is 0. The molecule has 1 aromatic carbocycles. The first-order chi connectivity index (χ1) is 5.11. The summed E-state index contributed by atoms with van der Waals surface area (Å²) < 4.78 is 33.2. The number of aryl methyl sites for hydroxylation is 1. The van der Waals surface area contributed by atoms with Gasteiger partial charge in [-0.3, -0.25) is 4.21 Å². The van der Waals surface area contributed by atoms with Crippen LogP contribution in [-0.4, -0.2) is 8.76 Å². The lowest BCUT2D eigenvalue weighted by Gasteiger charge is -2.05. The van der Waals surface area contributed by atoms with Crippen LogP contribution in [0.3, 0.4) is 0 Å². The first-order valence-corrected chi connectivity index (χ1v) is 4.04. The monoisotopic (exact) mass is 173 g/mol. The molecule has 1 atom stereocenters. The third-order valence-electron chi connectivity index (χ3n) is 1.32. The van der Waals surface area contributed by atoms with Crippen molar-refractivity contribution >= 4 is 11.1 Å². The summed E-state index contributed by atoms with van der Waals surface area (Å²) in [5.41, 5.74) is 0.340. The van der Waals surface area contributed by atoms with Gasteiger partial charge in [-0.05, 0) is 41.8 Å². The largest absolute Gasteiger partial charge is 0.768 e. The summed E-state index contributed by atoms with van der Waals surface area (Å²) in [4.78, 5) is 0.115. The third-order valence-corrected chi connectivity index (χ3v) is 1.96. The van der Waals surface area contributed by atoms with Crippen LogP contribution in [-0.2, 0) is 11.1 Å². The van der Waals surface area contributed by atoms with Gasteiger partial charge in [0.15, 0.2) is 0 Å². The molecule has 0 aliphatic rings. The van der Waals surface area contributed by atoms with Gasteiger partial charge in [0.1, 0.15) is 5.82 Å². The van der Waals surface area contributed by atoms with Crippen LogP contribution < -0.4 is 0 Å². The van der Waals surface area contributed by atoms with Crippen LogP contribution in [0.2, 0.25) is 0 Å². The van der Waals surface area contributed by atoms with E-state index >= 15 is 0 Å². The van der Waals surface area contributed by atoms with Crippen LogP contribution in [0.4, 0.5) is 4.39 Å². The summed E-state index contributed by atoms with van der Waals surface area (Å²) in [6, 6.07) is 3.66. The van der Waals surface area contributed by atoms with Gasteiger partial charge in [0, 0.05) is 4.90 Å². The second-order valence-corrected chi connectivity index (χ2v) is 3.09. The van der Waals surface area contributed by atoms with E-state index in [0.717, 1.165) is 6.07 Å². The zero-order valence-electron chi connectivity index (χ0n) is 5.83. The van der Waals surface area contributed by atoms with Gasteiger partial charge in [-0.15, -0.1) is 0 Å². The molecule has 1 unspecified atom stereocenters. The van der Waals surface area contributed by atoms with E-state index in [-0.39, 0.29) is 10.7 Å². The van der Waals surface area contributed by atoms with Crippen LogP contribution >= 0.6 is 0 Å². The van der Waals surface area contributed by atoms with Gasteiger partial charge in [-0.2, -0.15) is 0 Å². The van der Waals surface area contributed by atoms with Crippen molar-refractivity contribution in [3.8, 4) is 0 Å². The van der Waals surface area contributed by atoms with E-state index in [1.165, 1.54) is 19.1 Å². The van der Waals surface area contributed by atoms with E-state index in [4.69, 9.17) is 0 Å². The topological polar surface area (TPSA) is 40.1 Å². The summed E-state index contributed by atoms with van der Waals surface area (Å²) in [6.45, 7) is 1.52. The Balaban J connectivity index is 3.15. The second-order valence-electron chi connectivity index (χ2n) is 2.15. The highest BCUT2D eigenvalue weighted by molar-refractivity contribution is 7.79. The van der Waals surface area contributed by atoms with Crippen molar-refractivity contribution in [1.29, 1.82) is 0 Å². The minimum atomic E-state index is -2.26. The van der Waals surface area contributed by atoms with Gasteiger partial charge >= 0.3 is 0 Å². The van der Waals surface area contributed by atoms with Crippen LogP contribution in [0.15, 0.2) is 23.1 Å². The highest BCUT2D eigenvalue weighted by Gasteiger charge is 1.97. The predicted octanol–water partition coefficient (Wildman–Crippen LogP) is 1.37. The Morgan fingerprint density at radius 1 is 1.55 bits per heavy atom. The molecule has 0 aliphatic carbocycles. The molecule has 0 saturated carbocycles. The SMILES string of the molecule is Cc1cc(S(=O)[O-])ccc1F. The van der Waals surface area contributed by atoms with Gasteiger partial charge in [-0.1, -0.05) is 0 Å². The smallest absolute Gasteiger partial charge is 0.126 e. The minimum absolute atomic E-state index is 0.115. The molecule has 0 aliphatic heterocycles. The van der Waals surface area contributed by atoms with Crippen molar-refractivity contribution in [2.45, 2.75) is 11.8 Å². The Morgan fingerprint density at radius 3 is 2.64 bits per heavy atom. The van der Waals surface area contributed by atoms with E-state index in [0.29, 0.717) is 5.56 Å². The molecule has 4 heteroatoms. The molecule has 0 bridgehead atoms. The summed E-state index contributed by atoms with van der Waals surface area (Å²) >= 11 is -2.26. The van der Waals surface area contributed by atoms with Gasteiger partial charge < -0.3 is 4.55 Å². The molecule has 0 heterocycles. The highest BCUT2D eigenvalue weighted by Crippen LogP contribution is 2.10. The molecule has 0 amide bonds. The van der Waals surface area contributed by atoms with Gasteiger partial charge in [0.2, 0.25) is 0 Å². The Hall–Kier alpha value is -0.740. The molecule has 0 spiro atoms. The molecule has 2 nitrogen and oxygen atoms in total. The summed E-state index contributed by atoms with van der Waals surface area (Å²) in [7, 11) is 0. The molecule has 0 fully saturated rings. The normalized spacial score (nSPS) is 13.0. The average Bonchev–Trinajstić information content (AvgIpc) is 1.94. The number of hydrogen-bond donors (Lipinski definition) is 0. The van der Waals surface area contributed by atoms with Gasteiger partial charge in [0.05, 0.1) is 0 Å². The summed E-state index contributed by atoms with van der Waals surface area (Å²) in [5.74, 6) is -0.390. The summed E-state index contributed by atoms with van der Waals surface area (Å²) in [5, 5.41) is 0. The fourth-order valence-corrected chi connectivity index (χ4v) is 1.17. The highest BCUT2D eigenvalue weighted by atomic mass is 32.2. The molecule has 11 heavy (non-hydrogen) atoms. The molecule has 0 radical (unpaired) electrons. The quantitative estimate of drug-likeness (QED) is 0.602. The maximum atomic E-state index is 12.6. The lowest BCUT2D eigenvalue weighted by Crippen LogP contribution is -1.90. The molecular formula is C7H6FO2S-. The first-order valence-electron chi connectivity index (χ1n) is 2.96. The van der Waals surface area contributed by atoms with E-state index < -0.39 is 11.1 Å². The van der Waals surface area contributed by atoms with E-state index in [1.54, 1.807) is 0 Å². The number of halogens is 1. The van der Waals surface area contributed by atoms with Gasteiger partial charge in [0.25, 0.3) is 0 Å². The van der Waals surface area contributed by atoms with Crippen molar-refractivity contribution < 1.29 is 13.2 Å². The first kappa shape index (κ1) is 8.36. The lowest BCUT2D eigenvalue weighted by molar-refractivity contribution is 0.536. The maximum Gasteiger partial charge on any atom is 0.126 e. The van der Waals surface area contributed by atoms with Crippen molar-refractivity contribution in [1.82, 2.24) is 0 Å². The Kier molecular flexibility index (Phi) is 2.36. The third kappa shape index (κ3) is 1.85. The van der Waals surface area contributed by atoms with Crippen LogP contribution in [0.5, 0.6) is 0 Å². The fraction of sp³-hybridized carbons (Fsp3) is 0.143. The minimum Gasteiger partial charge on any atom is -0.768 e. The molecule has 0 saturated heterocycles.